The molecule has 0 aliphatic carbocycles. The monoisotopic (exact) mass is 355 g/mol. The largest absolute Gasteiger partial charge is 0.490 e. The lowest BCUT2D eigenvalue weighted by molar-refractivity contribution is -0.386. The van der Waals surface area contributed by atoms with Crippen LogP contribution in [0, 0.1) is 13.7 Å². The van der Waals surface area contributed by atoms with Gasteiger partial charge in [-0.1, -0.05) is 0 Å². The fourth-order valence-corrected chi connectivity index (χ4v) is 1.94. The number of ether oxygens (including phenoxy) is 1. The Balaban J connectivity index is 3.50. The third-order valence-electron chi connectivity index (χ3n) is 1.86. The van der Waals surface area contributed by atoms with E-state index < -0.39 is 10.7 Å². The molecular weight excluding hydrogens is 348 g/mol. The summed E-state index contributed by atoms with van der Waals surface area (Å²) in [6.07, 6.45) is 0. The molecule has 86 valence electrons. The van der Waals surface area contributed by atoms with Crippen molar-refractivity contribution < 1.29 is 14.5 Å². The molecule has 1 aromatic rings. The smallest absolute Gasteiger partial charge is 0.321 e. The maximum atomic E-state index is 11.5. The molecule has 0 aliphatic heterocycles. The van der Waals surface area contributed by atoms with Gasteiger partial charge in [-0.2, -0.15) is 0 Å². The van der Waals surface area contributed by atoms with Gasteiger partial charge in [0.2, 0.25) is 0 Å². The van der Waals surface area contributed by atoms with E-state index in [-0.39, 0.29) is 22.9 Å². The molecule has 0 saturated carbocycles. The SMILES string of the molecule is COc1cc(I)cc(C(=O)CCl)c1[N+](=O)[O-]. The van der Waals surface area contributed by atoms with Crippen LogP contribution in [-0.2, 0) is 0 Å². The summed E-state index contributed by atoms with van der Waals surface area (Å²) in [6.45, 7) is 0. The molecule has 0 spiro atoms. The third-order valence-corrected chi connectivity index (χ3v) is 2.73. The van der Waals surface area contributed by atoms with E-state index in [1.54, 1.807) is 0 Å². The minimum Gasteiger partial charge on any atom is -0.490 e. The zero-order valence-corrected chi connectivity index (χ0v) is 11.1. The molecule has 1 aromatic carbocycles. The zero-order valence-electron chi connectivity index (χ0n) is 8.20. The molecule has 0 N–H and O–H groups in total. The second-order valence-electron chi connectivity index (χ2n) is 2.82. The molecule has 7 heteroatoms. The third kappa shape index (κ3) is 2.62. The topological polar surface area (TPSA) is 69.4 Å². The maximum Gasteiger partial charge on any atom is 0.321 e. The Labute approximate surface area is 110 Å². The average molecular weight is 356 g/mol. The van der Waals surface area contributed by atoms with Crippen molar-refractivity contribution in [3.63, 3.8) is 0 Å². The van der Waals surface area contributed by atoms with Gasteiger partial charge >= 0.3 is 5.69 Å². The standard InChI is InChI=1S/C9H7ClINO4/c1-16-8-3-5(11)2-6(7(13)4-10)9(8)12(14)15/h2-3H,4H2,1H3. The van der Waals surface area contributed by atoms with Crippen LogP contribution in [0.3, 0.4) is 0 Å². The Hall–Kier alpha value is -0.890. The second kappa shape index (κ2) is 5.44. The molecule has 0 amide bonds. The van der Waals surface area contributed by atoms with Crippen molar-refractivity contribution in [2.24, 2.45) is 0 Å². The second-order valence-corrected chi connectivity index (χ2v) is 4.33. The summed E-state index contributed by atoms with van der Waals surface area (Å²) in [5, 5.41) is 10.9. The molecule has 0 heterocycles. The lowest BCUT2D eigenvalue weighted by Crippen LogP contribution is -2.07. The van der Waals surface area contributed by atoms with Gasteiger partial charge in [-0.3, -0.25) is 14.9 Å². The summed E-state index contributed by atoms with van der Waals surface area (Å²) in [7, 11) is 1.31. The van der Waals surface area contributed by atoms with Gasteiger partial charge in [0.05, 0.1) is 17.9 Å². The number of hydrogen-bond donors (Lipinski definition) is 0. The molecule has 0 unspecified atom stereocenters. The minimum atomic E-state index is -0.644. The Morgan fingerprint density at radius 3 is 2.69 bits per heavy atom. The first kappa shape index (κ1) is 13.2. The van der Waals surface area contributed by atoms with E-state index in [1.807, 2.05) is 22.6 Å². The van der Waals surface area contributed by atoms with Gasteiger partial charge in [0.25, 0.3) is 0 Å². The van der Waals surface area contributed by atoms with Gasteiger partial charge in [0, 0.05) is 9.64 Å². The number of carbonyl (C=O) groups excluding carboxylic acids is 1. The number of Topliss-reactive ketones (excluding diaryl/α,β-unsaturated/α-hetero) is 1. The van der Waals surface area contributed by atoms with Crippen LogP contribution in [0.2, 0.25) is 0 Å². The predicted molar refractivity (Wildman–Crippen MR) is 67.4 cm³/mol. The van der Waals surface area contributed by atoms with Crippen LogP contribution in [0.5, 0.6) is 5.75 Å². The van der Waals surface area contributed by atoms with Crippen LogP contribution < -0.4 is 4.74 Å². The number of benzene rings is 1. The van der Waals surface area contributed by atoms with Gasteiger partial charge < -0.3 is 4.74 Å². The number of hydrogen-bond acceptors (Lipinski definition) is 4. The minimum absolute atomic E-state index is 0.0243. The van der Waals surface area contributed by atoms with Crippen molar-refractivity contribution in [2.75, 3.05) is 13.0 Å². The van der Waals surface area contributed by atoms with E-state index in [2.05, 4.69) is 0 Å². The molecule has 16 heavy (non-hydrogen) atoms. The molecule has 0 saturated heterocycles. The maximum absolute atomic E-state index is 11.5. The Morgan fingerprint density at radius 2 is 2.25 bits per heavy atom. The summed E-state index contributed by atoms with van der Waals surface area (Å²) in [5.74, 6) is -0.736. The quantitative estimate of drug-likeness (QED) is 0.274. The van der Waals surface area contributed by atoms with E-state index in [1.165, 1.54) is 19.2 Å². The summed E-state index contributed by atoms with van der Waals surface area (Å²) >= 11 is 7.34. The van der Waals surface area contributed by atoms with Crippen molar-refractivity contribution in [3.8, 4) is 5.75 Å². The molecule has 5 nitrogen and oxygen atoms in total. The number of methoxy groups -OCH3 is 1. The highest BCUT2D eigenvalue weighted by atomic mass is 127. The van der Waals surface area contributed by atoms with Crippen LogP contribution in [0.25, 0.3) is 0 Å². The summed E-state index contributed by atoms with van der Waals surface area (Å²) in [5.41, 5.74) is -0.364. The van der Waals surface area contributed by atoms with E-state index >= 15 is 0 Å². The average Bonchev–Trinajstić information content (AvgIpc) is 2.26. The summed E-state index contributed by atoms with van der Waals surface area (Å²) < 4.78 is 5.56. The normalized spacial score (nSPS) is 9.94. The number of ketones is 1. The highest BCUT2D eigenvalue weighted by molar-refractivity contribution is 14.1. The van der Waals surface area contributed by atoms with Crippen LogP contribution >= 0.6 is 34.2 Å². The van der Waals surface area contributed by atoms with Gasteiger partial charge in [-0.15, -0.1) is 11.6 Å². The first-order valence-electron chi connectivity index (χ1n) is 4.12. The number of nitrogens with zero attached hydrogens (tertiary/aromatic N) is 1. The lowest BCUT2D eigenvalue weighted by Gasteiger charge is -2.06. The Kier molecular flexibility index (Phi) is 4.48. The van der Waals surface area contributed by atoms with Crippen molar-refractivity contribution in [1.82, 2.24) is 0 Å². The lowest BCUT2D eigenvalue weighted by atomic mass is 10.1. The van der Waals surface area contributed by atoms with Crippen LogP contribution in [0.15, 0.2) is 12.1 Å². The number of rotatable bonds is 4. The molecule has 0 aromatic heterocycles. The molecular formula is C9H7ClINO4. The molecule has 1 rings (SSSR count). The van der Waals surface area contributed by atoms with Crippen LogP contribution in [0.4, 0.5) is 5.69 Å². The summed E-state index contributed by atoms with van der Waals surface area (Å²) in [6, 6.07) is 2.91. The highest BCUT2D eigenvalue weighted by Gasteiger charge is 2.25. The number of nitro groups is 1. The zero-order chi connectivity index (χ0) is 12.3. The molecule has 0 atom stereocenters. The molecule has 0 bridgehead atoms. The van der Waals surface area contributed by atoms with Crippen molar-refractivity contribution in [3.05, 3.63) is 31.4 Å². The number of nitro benzene ring substituents is 1. The van der Waals surface area contributed by atoms with Gasteiger partial charge in [-0.25, -0.2) is 0 Å². The first-order chi connectivity index (χ1) is 7.51. The Bertz CT molecular complexity index is 449. The van der Waals surface area contributed by atoms with Crippen molar-refractivity contribution in [2.45, 2.75) is 0 Å². The first-order valence-corrected chi connectivity index (χ1v) is 5.73. The Morgan fingerprint density at radius 1 is 1.62 bits per heavy atom. The molecule has 0 fully saturated rings. The molecule has 0 aliphatic rings. The van der Waals surface area contributed by atoms with E-state index in [4.69, 9.17) is 16.3 Å². The molecule has 0 radical (unpaired) electrons. The highest BCUT2D eigenvalue weighted by Crippen LogP contribution is 2.33. The van der Waals surface area contributed by atoms with E-state index in [0.717, 1.165) is 0 Å². The van der Waals surface area contributed by atoms with E-state index in [0.29, 0.717) is 3.57 Å². The predicted octanol–water partition coefficient (Wildman–Crippen LogP) is 2.63. The fourth-order valence-electron chi connectivity index (χ4n) is 1.20. The fraction of sp³-hybridized carbons (Fsp3) is 0.222. The van der Waals surface area contributed by atoms with Crippen LogP contribution in [0.1, 0.15) is 10.4 Å². The van der Waals surface area contributed by atoms with Gasteiger partial charge in [0.15, 0.2) is 11.5 Å². The number of alkyl halides is 1. The van der Waals surface area contributed by atoms with Crippen LogP contribution in [-0.4, -0.2) is 23.7 Å². The van der Waals surface area contributed by atoms with Gasteiger partial charge in [0.1, 0.15) is 5.56 Å². The summed E-state index contributed by atoms with van der Waals surface area (Å²) in [4.78, 5) is 21.7. The van der Waals surface area contributed by atoms with E-state index in [9.17, 15) is 14.9 Å². The van der Waals surface area contributed by atoms with Crippen molar-refractivity contribution >= 4 is 45.7 Å². The van der Waals surface area contributed by atoms with Crippen molar-refractivity contribution in [1.29, 1.82) is 0 Å². The number of carbonyl (C=O) groups is 1. The van der Waals surface area contributed by atoms with Gasteiger partial charge in [-0.05, 0) is 28.7 Å². The number of halogens is 2.